The van der Waals surface area contributed by atoms with Crippen molar-refractivity contribution in [2.75, 3.05) is 19.6 Å². The van der Waals surface area contributed by atoms with Gasteiger partial charge in [-0.3, -0.25) is 4.90 Å². The molecule has 5 heteroatoms. The van der Waals surface area contributed by atoms with Crippen LogP contribution in [0.25, 0.3) is 0 Å². The lowest BCUT2D eigenvalue weighted by Gasteiger charge is -2.32. The molecule has 0 radical (unpaired) electrons. The second-order valence-electron chi connectivity index (χ2n) is 5.49. The monoisotopic (exact) mass is 290 g/mol. The summed E-state index contributed by atoms with van der Waals surface area (Å²) in [5.41, 5.74) is 0. The van der Waals surface area contributed by atoms with Gasteiger partial charge in [-0.25, -0.2) is 4.98 Å². The summed E-state index contributed by atoms with van der Waals surface area (Å²) in [5.74, 6) is 1.79. The quantitative estimate of drug-likeness (QED) is 0.859. The van der Waals surface area contributed by atoms with E-state index in [4.69, 9.17) is 0 Å². The highest BCUT2D eigenvalue weighted by Crippen LogP contribution is 2.19. The van der Waals surface area contributed by atoms with Crippen molar-refractivity contribution >= 4 is 11.3 Å². The highest BCUT2D eigenvalue weighted by molar-refractivity contribution is 7.09. The summed E-state index contributed by atoms with van der Waals surface area (Å²) in [6, 6.07) is 4.38. The molecule has 108 valence electrons. The Balaban J connectivity index is 1.41. The Morgan fingerprint density at radius 2 is 2.50 bits per heavy atom. The number of H-pyrrole nitrogens is 1. The van der Waals surface area contributed by atoms with Crippen LogP contribution >= 0.6 is 11.3 Å². The van der Waals surface area contributed by atoms with Crippen molar-refractivity contribution in [3.63, 3.8) is 0 Å². The Labute approximate surface area is 124 Å². The number of rotatable bonds is 6. The number of nitrogens with zero attached hydrogens (tertiary/aromatic N) is 2. The van der Waals surface area contributed by atoms with Crippen molar-refractivity contribution in [2.45, 2.75) is 25.9 Å². The van der Waals surface area contributed by atoms with E-state index in [1.807, 2.05) is 17.5 Å². The first-order valence-electron chi connectivity index (χ1n) is 7.34. The van der Waals surface area contributed by atoms with E-state index in [0.717, 1.165) is 31.4 Å². The van der Waals surface area contributed by atoms with Crippen LogP contribution in [0.1, 0.15) is 23.5 Å². The highest BCUT2D eigenvalue weighted by Gasteiger charge is 2.19. The van der Waals surface area contributed by atoms with E-state index in [-0.39, 0.29) is 0 Å². The fourth-order valence-corrected chi connectivity index (χ4v) is 3.62. The van der Waals surface area contributed by atoms with Crippen molar-refractivity contribution in [3.8, 4) is 0 Å². The standard InChI is InChI=1S/C15H22N4S/c1-3-13(9-16-10-15-17-5-6-18-15)11-19(7-1)12-14-4-2-8-20-14/h2,4-6,8,13,16H,1,3,7,9-12H2,(H,17,18). The van der Waals surface area contributed by atoms with Crippen LogP contribution in [0.15, 0.2) is 29.9 Å². The molecule has 0 bridgehead atoms. The number of aromatic amines is 1. The van der Waals surface area contributed by atoms with Gasteiger partial charge in [0.25, 0.3) is 0 Å². The topological polar surface area (TPSA) is 44.0 Å². The van der Waals surface area contributed by atoms with Crippen molar-refractivity contribution in [1.82, 2.24) is 20.2 Å². The molecule has 20 heavy (non-hydrogen) atoms. The molecule has 2 aromatic rings. The van der Waals surface area contributed by atoms with Crippen molar-refractivity contribution in [3.05, 3.63) is 40.6 Å². The molecule has 0 aromatic carbocycles. The zero-order chi connectivity index (χ0) is 13.6. The van der Waals surface area contributed by atoms with Crippen LogP contribution in [-0.2, 0) is 13.1 Å². The van der Waals surface area contributed by atoms with Crippen molar-refractivity contribution in [2.24, 2.45) is 5.92 Å². The molecule has 2 aromatic heterocycles. The average Bonchev–Trinajstić information content (AvgIpc) is 3.13. The van der Waals surface area contributed by atoms with Crippen LogP contribution in [0.5, 0.6) is 0 Å². The summed E-state index contributed by atoms with van der Waals surface area (Å²) >= 11 is 1.86. The molecule has 3 rings (SSSR count). The summed E-state index contributed by atoms with van der Waals surface area (Å²) in [6.07, 6.45) is 6.34. The molecule has 1 atom stereocenters. The van der Waals surface area contributed by atoms with E-state index in [1.165, 1.54) is 30.8 Å². The maximum atomic E-state index is 4.24. The number of piperidine rings is 1. The van der Waals surface area contributed by atoms with Gasteiger partial charge in [-0.05, 0) is 43.3 Å². The number of thiophene rings is 1. The molecule has 0 amide bonds. The first kappa shape index (κ1) is 13.8. The van der Waals surface area contributed by atoms with Crippen molar-refractivity contribution in [1.29, 1.82) is 0 Å². The second kappa shape index (κ2) is 7.02. The third-order valence-corrected chi connectivity index (χ3v) is 4.70. The zero-order valence-electron chi connectivity index (χ0n) is 11.7. The Morgan fingerprint density at radius 1 is 1.50 bits per heavy atom. The minimum atomic E-state index is 0.763. The lowest BCUT2D eigenvalue weighted by Crippen LogP contribution is -2.39. The molecular weight excluding hydrogens is 268 g/mol. The smallest absolute Gasteiger partial charge is 0.120 e. The lowest BCUT2D eigenvalue weighted by atomic mass is 9.98. The fourth-order valence-electron chi connectivity index (χ4n) is 2.87. The summed E-state index contributed by atoms with van der Waals surface area (Å²) in [6.45, 7) is 5.50. The Kier molecular flexibility index (Phi) is 4.84. The molecular formula is C15H22N4S. The van der Waals surface area contributed by atoms with Crippen LogP contribution in [0.4, 0.5) is 0 Å². The third kappa shape index (κ3) is 3.91. The van der Waals surface area contributed by atoms with Gasteiger partial charge < -0.3 is 10.3 Å². The lowest BCUT2D eigenvalue weighted by molar-refractivity contribution is 0.166. The molecule has 2 N–H and O–H groups in total. The summed E-state index contributed by atoms with van der Waals surface area (Å²) < 4.78 is 0. The van der Waals surface area contributed by atoms with E-state index in [9.17, 15) is 0 Å². The van der Waals surface area contributed by atoms with Gasteiger partial charge in [0.15, 0.2) is 0 Å². The van der Waals surface area contributed by atoms with Gasteiger partial charge in [-0.2, -0.15) is 0 Å². The fraction of sp³-hybridized carbons (Fsp3) is 0.533. The van der Waals surface area contributed by atoms with E-state index in [0.29, 0.717) is 0 Å². The van der Waals surface area contributed by atoms with Gasteiger partial charge in [0.2, 0.25) is 0 Å². The average molecular weight is 290 g/mol. The van der Waals surface area contributed by atoms with Crippen LogP contribution < -0.4 is 5.32 Å². The van der Waals surface area contributed by atoms with Gasteiger partial charge in [0, 0.05) is 30.4 Å². The predicted molar refractivity (Wildman–Crippen MR) is 82.6 cm³/mol. The molecule has 1 unspecified atom stereocenters. The van der Waals surface area contributed by atoms with Gasteiger partial charge >= 0.3 is 0 Å². The van der Waals surface area contributed by atoms with E-state index in [1.54, 1.807) is 6.20 Å². The Morgan fingerprint density at radius 3 is 3.30 bits per heavy atom. The Bertz CT molecular complexity index is 480. The zero-order valence-corrected chi connectivity index (χ0v) is 12.5. The van der Waals surface area contributed by atoms with Crippen molar-refractivity contribution < 1.29 is 0 Å². The van der Waals surface area contributed by atoms with Crippen LogP contribution in [-0.4, -0.2) is 34.5 Å². The number of imidazole rings is 1. The summed E-state index contributed by atoms with van der Waals surface area (Å²) in [4.78, 5) is 11.4. The molecule has 4 nitrogen and oxygen atoms in total. The largest absolute Gasteiger partial charge is 0.348 e. The number of hydrogen-bond acceptors (Lipinski definition) is 4. The molecule has 0 saturated carbocycles. The number of aromatic nitrogens is 2. The number of likely N-dealkylation sites (tertiary alicyclic amines) is 1. The van der Waals surface area contributed by atoms with E-state index < -0.39 is 0 Å². The predicted octanol–water partition coefficient (Wildman–Crippen LogP) is 2.47. The number of hydrogen-bond donors (Lipinski definition) is 2. The first-order chi connectivity index (χ1) is 9.90. The minimum Gasteiger partial charge on any atom is -0.348 e. The van der Waals surface area contributed by atoms with Gasteiger partial charge in [0.05, 0.1) is 6.54 Å². The Hall–Kier alpha value is -1.17. The SMILES string of the molecule is c1csc(CN2CCCC(CNCc3ncc[nH]3)C2)c1. The van der Waals surface area contributed by atoms with Crippen LogP contribution in [0.2, 0.25) is 0 Å². The molecule has 0 aliphatic carbocycles. The molecule has 1 aliphatic rings. The van der Waals surface area contributed by atoms with E-state index in [2.05, 4.69) is 37.7 Å². The summed E-state index contributed by atoms with van der Waals surface area (Å²) in [7, 11) is 0. The van der Waals surface area contributed by atoms with Gasteiger partial charge in [-0.15, -0.1) is 11.3 Å². The molecule has 1 fully saturated rings. The highest BCUT2D eigenvalue weighted by atomic mass is 32.1. The first-order valence-corrected chi connectivity index (χ1v) is 8.22. The van der Waals surface area contributed by atoms with Crippen LogP contribution in [0, 0.1) is 5.92 Å². The normalized spacial score (nSPS) is 20.3. The maximum Gasteiger partial charge on any atom is 0.120 e. The van der Waals surface area contributed by atoms with Gasteiger partial charge in [0.1, 0.15) is 5.82 Å². The van der Waals surface area contributed by atoms with E-state index >= 15 is 0 Å². The minimum absolute atomic E-state index is 0.763. The molecule has 1 aliphatic heterocycles. The second-order valence-corrected chi connectivity index (χ2v) is 6.52. The summed E-state index contributed by atoms with van der Waals surface area (Å²) in [5, 5.41) is 5.69. The number of nitrogens with one attached hydrogen (secondary N) is 2. The third-order valence-electron chi connectivity index (χ3n) is 3.84. The molecule has 1 saturated heterocycles. The maximum absolute atomic E-state index is 4.24. The van der Waals surface area contributed by atoms with Crippen LogP contribution in [0.3, 0.4) is 0 Å². The molecule has 3 heterocycles. The molecule has 0 spiro atoms. The van der Waals surface area contributed by atoms with Gasteiger partial charge in [-0.1, -0.05) is 6.07 Å².